The SMILES string of the molecule is CC[C@@H](N)c1ccoc1Br. The molecule has 1 aromatic heterocycles. The molecule has 2 nitrogen and oxygen atoms in total. The van der Waals surface area contributed by atoms with Crippen LogP contribution in [0.1, 0.15) is 24.9 Å². The van der Waals surface area contributed by atoms with Gasteiger partial charge in [-0.3, -0.25) is 0 Å². The fourth-order valence-corrected chi connectivity index (χ4v) is 1.32. The number of hydrogen-bond acceptors (Lipinski definition) is 2. The minimum atomic E-state index is 0.0909. The lowest BCUT2D eigenvalue weighted by Crippen LogP contribution is -2.07. The monoisotopic (exact) mass is 203 g/mol. The third kappa shape index (κ3) is 1.41. The van der Waals surface area contributed by atoms with Crippen LogP contribution in [-0.2, 0) is 0 Å². The molecule has 0 unspecified atom stereocenters. The smallest absolute Gasteiger partial charge is 0.173 e. The second kappa shape index (κ2) is 3.21. The van der Waals surface area contributed by atoms with Crippen molar-refractivity contribution in [3.63, 3.8) is 0 Å². The van der Waals surface area contributed by atoms with Crippen molar-refractivity contribution in [3.8, 4) is 0 Å². The summed E-state index contributed by atoms with van der Waals surface area (Å²) in [6.45, 7) is 2.05. The van der Waals surface area contributed by atoms with Crippen LogP contribution in [0.3, 0.4) is 0 Å². The summed E-state index contributed by atoms with van der Waals surface area (Å²) in [6.07, 6.45) is 2.56. The molecule has 0 spiro atoms. The van der Waals surface area contributed by atoms with Gasteiger partial charge in [0, 0.05) is 11.6 Å². The van der Waals surface area contributed by atoms with Crippen molar-refractivity contribution < 1.29 is 4.42 Å². The van der Waals surface area contributed by atoms with Crippen LogP contribution < -0.4 is 5.73 Å². The Kier molecular flexibility index (Phi) is 2.51. The van der Waals surface area contributed by atoms with Gasteiger partial charge in [-0.15, -0.1) is 0 Å². The van der Waals surface area contributed by atoms with E-state index in [0.29, 0.717) is 0 Å². The van der Waals surface area contributed by atoms with Gasteiger partial charge in [-0.2, -0.15) is 0 Å². The van der Waals surface area contributed by atoms with Gasteiger partial charge in [-0.25, -0.2) is 0 Å². The van der Waals surface area contributed by atoms with Crippen LogP contribution in [0.15, 0.2) is 21.4 Å². The summed E-state index contributed by atoms with van der Waals surface area (Å²) >= 11 is 3.26. The molecule has 0 bridgehead atoms. The molecule has 56 valence electrons. The van der Waals surface area contributed by atoms with Crippen LogP contribution >= 0.6 is 15.9 Å². The van der Waals surface area contributed by atoms with Crippen molar-refractivity contribution >= 4 is 15.9 Å². The maximum absolute atomic E-state index is 5.75. The summed E-state index contributed by atoms with van der Waals surface area (Å²) in [5.74, 6) is 0. The molecule has 0 aromatic carbocycles. The average Bonchev–Trinajstić information content (AvgIpc) is 2.34. The van der Waals surface area contributed by atoms with Crippen LogP contribution in [-0.4, -0.2) is 0 Å². The highest BCUT2D eigenvalue weighted by Gasteiger charge is 2.08. The average molecular weight is 204 g/mol. The molecular weight excluding hydrogens is 194 g/mol. The fourth-order valence-electron chi connectivity index (χ4n) is 0.790. The quantitative estimate of drug-likeness (QED) is 0.803. The Balaban J connectivity index is 2.82. The van der Waals surface area contributed by atoms with E-state index >= 15 is 0 Å². The Bertz CT molecular complexity index is 209. The lowest BCUT2D eigenvalue weighted by atomic mass is 10.1. The standard InChI is InChI=1S/C7H10BrNO/c1-2-6(9)5-3-4-10-7(5)8/h3-4,6H,2,9H2,1H3/t6-/m1/s1. The Morgan fingerprint density at radius 3 is 2.90 bits per heavy atom. The highest BCUT2D eigenvalue weighted by atomic mass is 79.9. The predicted octanol–water partition coefficient (Wildman–Crippen LogP) is 2.45. The van der Waals surface area contributed by atoms with Gasteiger partial charge in [0.15, 0.2) is 4.67 Å². The lowest BCUT2D eigenvalue weighted by molar-refractivity contribution is 0.530. The number of rotatable bonds is 2. The largest absolute Gasteiger partial charge is 0.457 e. The summed E-state index contributed by atoms with van der Waals surface area (Å²) in [5.41, 5.74) is 6.79. The zero-order valence-corrected chi connectivity index (χ0v) is 7.39. The van der Waals surface area contributed by atoms with E-state index in [2.05, 4.69) is 15.9 Å². The van der Waals surface area contributed by atoms with Gasteiger partial charge >= 0.3 is 0 Å². The zero-order chi connectivity index (χ0) is 7.56. The summed E-state index contributed by atoms with van der Waals surface area (Å²) in [7, 11) is 0. The van der Waals surface area contributed by atoms with E-state index in [9.17, 15) is 0 Å². The van der Waals surface area contributed by atoms with Crippen molar-refractivity contribution in [1.82, 2.24) is 0 Å². The molecule has 0 aliphatic carbocycles. The molecule has 1 aromatic rings. The Labute approximate surface area is 68.5 Å². The van der Waals surface area contributed by atoms with Gasteiger partial charge in [-0.05, 0) is 28.4 Å². The first-order valence-corrected chi connectivity index (χ1v) is 4.03. The Hall–Kier alpha value is -0.280. The Morgan fingerprint density at radius 2 is 2.50 bits per heavy atom. The number of hydrogen-bond donors (Lipinski definition) is 1. The van der Waals surface area contributed by atoms with E-state index in [0.717, 1.165) is 16.7 Å². The second-order valence-corrected chi connectivity index (χ2v) is 2.88. The molecule has 0 amide bonds. The van der Waals surface area contributed by atoms with Gasteiger partial charge in [0.05, 0.1) is 6.26 Å². The summed E-state index contributed by atoms with van der Waals surface area (Å²) in [5, 5.41) is 0. The van der Waals surface area contributed by atoms with Gasteiger partial charge in [0.25, 0.3) is 0 Å². The van der Waals surface area contributed by atoms with E-state index in [1.54, 1.807) is 6.26 Å². The minimum absolute atomic E-state index is 0.0909. The van der Waals surface area contributed by atoms with E-state index in [1.165, 1.54) is 0 Å². The van der Waals surface area contributed by atoms with Gasteiger partial charge in [-0.1, -0.05) is 6.92 Å². The number of furan rings is 1. The molecule has 0 aliphatic rings. The topological polar surface area (TPSA) is 39.2 Å². The Morgan fingerprint density at radius 1 is 1.80 bits per heavy atom. The summed E-state index contributed by atoms with van der Waals surface area (Å²) in [6, 6.07) is 1.98. The molecular formula is C7H10BrNO. The van der Waals surface area contributed by atoms with E-state index in [-0.39, 0.29) is 6.04 Å². The van der Waals surface area contributed by atoms with E-state index in [4.69, 9.17) is 10.2 Å². The summed E-state index contributed by atoms with van der Waals surface area (Å²) < 4.78 is 5.78. The van der Waals surface area contributed by atoms with Crippen molar-refractivity contribution in [2.45, 2.75) is 19.4 Å². The van der Waals surface area contributed by atoms with Crippen LogP contribution in [0, 0.1) is 0 Å². The first-order chi connectivity index (χ1) is 4.75. The van der Waals surface area contributed by atoms with Crippen molar-refractivity contribution in [3.05, 3.63) is 22.6 Å². The van der Waals surface area contributed by atoms with E-state index < -0.39 is 0 Å². The molecule has 3 heteroatoms. The lowest BCUT2D eigenvalue weighted by Gasteiger charge is -2.04. The maximum atomic E-state index is 5.75. The second-order valence-electron chi connectivity index (χ2n) is 2.16. The molecule has 0 radical (unpaired) electrons. The van der Waals surface area contributed by atoms with Crippen molar-refractivity contribution in [1.29, 1.82) is 0 Å². The minimum Gasteiger partial charge on any atom is -0.457 e. The van der Waals surface area contributed by atoms with Gasteiger partial charge in [0.1, 0.15) is 0 Å². The molecule has 10 heavy (non-hydrogen) atoms. The molecule has 0 fully saturated rings. The highest BCUT2D eigenvalue weighted by molar-refractivity contribution is 9.10. The first-order valence-electron chi connectivity index (χ1n) is 3.24. The third-order valence-corrected chi connectivity index (χ3v) is 2.13. The molecule has 1 heterocycles. The molecule has 0 saturated carbocycles. The molecule has 1 rings (SSSR count). The van der Waals surface area contributed by atoms with Crippen molar-refractivity contribution in [2.75, 3.05) is 0 Å². The van der Waals surface area contributed by atoms with E-state index in [1.807, 2.05) is 13.0 Å². The summed E-state index contributed by atoms with van der Waals surface area (Å²) in [4.78, 5) is 0. The number of halogens is 1. The normalized spacial score (nSPS) is 13.5. The predicted molar refractivity (Wildman–Crippen MR) is 43.6 cm³/mol. The van der Waals surface area contributed by atoms with Crippen molar-refractivity contribution in [2.24, 2.45) is 5.73 Å². The molecule has 2 N–H and O–H groups in total. The highest BCUT2D eigenvalue weighted by Crippen LogP contribution is 2.24. The third-order valence-electron chi connectivity index (χ3n) is 1.49. The van der Waals surface area contributed by atoms with Crippen LogP contribution in [0.25, 0.3) is 0 Å². The first kappa shape index (κ1) is 7.82. The van der Waals surface area contributed by atoms with Gasteiger partial charge in [0.2, 0.25) is 0 Å². The molecule has 0 aliphatic heterocycles. The van der Waals surface area contributed by atoms with Crippen LogP contribution in [0.2, 0.25) is 0 Å². The molecule has 1 atom stereocenters. The zero-order valence-electron chi connectivity index (χ0n) is 5.80. The van der Waals surface area contributed by atoms with Crippen LogP contribution in [0.5, 0.6) is 0 Å². The molecule has 0 saturated heterocycles. The van der Waals surface area contributed by atoms with Crippen LogP contribution in [0.4, 0.5) is 0 Å². The van der Waals surface area contributed by atoms with Gasteiger partial charge < -0.3 is 10.2 Å². The number of nitrogens with two attached hydrogens (primary N) is 1. The fraction of sp³-hybridized carbons (Fsp3) is 0.429. The maximum Gasteiger partial charge on any atom is 0.173 e.